The van der Waals surface area contributed by atoms with Crippen molar-refractivity contribution in [2.75, 3.05) is 86.0 Å². The Kier molecular flexibility index (Phi) is 25.3. The molecule has 13 N–H and O–H groups in total. The van der Waals surface area contributed by atoms with E-state index >= 15 is 0 Å². The van der Waals surface area contributed by atoms with E-state index in [1.165, 1.54) is 72.8 Å². The molecule has 28 heteroatoms. The third kappa shape index (κ3) is 23.1. The Morgan fingerprint density at radius 1 is 0.417 bits per heavy atom. The Balaban J connectivity index is 1.39. The minimum absolute atomic E-state index is 0.000591. The number of rotatable bonds is 34. The van der Waals surface area contributed by atoms with Gasteiger partial charge in [-0.3, -0.25) is 28.8 Å². The number of primary sulfonamides is 3. The molecule has 0 aliphatic carbocycles. The molecule has 0 bridgehead atoms. The van der Waals surface area contributed by atoms with Crippen LogP contribution in [0.5, 0.6) is 0 Å². The molecule has 3 aromatic carbocycles. The van der Waals surface area contributed by atoms with Gasteiger partial charge in [-0.15, -0.1) is 0 Å². The quantitative estimate of drug-likeness (QED) is 0.0287. The number of nitrogens with two attached hydrogens (primary N) is 3. The number of hydrogen-bond acceptors (Lipinski definition) is 16. The fourth-order valence-corrected chi connectivity index (χ4v) is 7.70. The number of hydrogen-bond donors (Lipinski definition) is 10. The van der Waals surface area contributed by atoms with Crippen LogP contribution in [0.2, 0.25) is 0 Å². The number of amides is 6. The number of carbonyl (C=O) groups is 6. The molecular weight excluding hydrogens is 1000 g/mol. The van der Waals surface area contributed by atoms with E-state index in [0.717, 1.165) is 0 Å². The van der Waals surface area contributed by atoms with Crippen LogP contribution in [0.25, 0.3) is 0 Å². The van der Waals surface area contributed by atoms with Crippen LogP contribution in [-0.2, 0) is 58.7 Å². The number of likely N-dealkylation sites (N-methyl/N-ethyl adjacent to an activating group) is 1. The van der Waals surface area contributed by atoms with Gasteiger partial charge in [0.25, 0.3) is 17.7 Å². The van der Waals surface area contributed by atoms with Crippen molar-refractivity contribution >= 4 is 65.5 Å². The van der Waals surface area contributed by atoms with Crippen LogP contribution in [0.3, 0.4) is 0 Å². The second-order valence-corrected chi connectivity index (χ2v) is 20.7. The highest BCUT2D eigenvalue weighted by molar-refractivity contribution is 7.89. The molecule has 3 rings (SSSR count). The molecule has 0 unspecified atom stereocenters. The molecule has 0 aliphatic rings. The van der Waals surface area contributed by atoms with Crippen molar-refractivity contribution in [3.05, 3.63) is 89.5 Å². The van der Waals surface area contributed by atoms with E-state index in [1.54, 1.807) is 7.05 Å². The van der Waals surface area contributed by atoms with Crippen molar-refractivity contribution in [1.29, 1.82) is 0 Å². The van der Waals surface area contributed by atoms with Crippen LogP contribution in [0, 0.1) is 0 Å². The van der Waals surface area contributed by atoms with Crippen molar-refractivity contribution in [2.24, 2.45) is 15.4 Å². The molecule has 0 fully saturated rings. The van der Waals surface area contributed by atoms with Gasteiger partial charge in [0, 0.05) is 75.2 Å². The highest BCUT2D eigenvalue weighted by atomic mass is 32.2. The molecule has 0 saturated carbocycles. The second-order valence-electron chi connectivity index (χ2n) is 16.0. The highest BCUT2D eigenvalue weighted by Crippen LogP contribution is 2.12. The monoisotopic (exact) mass is 1070 g/mol. The van der Waals surface area contributed by atoms with Crippen LogP contribution < -0.4 is 52.6 Å². The number of sulfonamides is 3. The summed E-state index contributed by atoms with van der Waals surface area (Å²) in [5.74, 6) is -2.20. The van der Waals surface area contributed by atoms with Gasteiger partial charge in [0.1, 0.15) is 0 Å². The summed E-state index contributed by atoms with van der Waals surface area (Å²) < 4.78 is 86.3. The molecule has 3 aromatic rings. The molecule has 0 heterocycles. The third-order valence-electron chi connectivity index (χ3n) is 10.3. The Hall–Kier alpha value is -5.95. The van der Waals surface area contributed by atoms with E-state index in [2.05, 4.69) is 37.2 Å². The Morgan fingerprint density at radius 3 is 0.875 bits per heavy atom. The zero-order valence-corrected chi connectivity index (χ0v) is 42.2. The van der Waals surface area contributed by atoms with E-state index in [0.29, 0.717) is 19.3 Å². The van der Waals surface area contributed by atoms with E-state index in [1.807, 2.05) is 0 Å². The molecule has 6 amide bonds. The SMILES string of the molecule is CNC(COCCC(=O)NCCCNC(=O)c1ccc(S(N)(=O)=O)cc1)(COCCC(=O)NCCCNC(=O)c1ccc(S(N)(=O)=O)cc1)COCCC(=O)NCCCNC(=O)c1ccc(S(N)(=O)=O)cc1. The zero-order chi connectivity index (χ0) is 53.2. The maximum absolute atomic E-state index is 12.5. The first-order valence-corrected chi connectivity index (χ1v) is 27.1. The lowest BCUT2D eigenvalue weighted by molar-refractivity contribution is -0.122. The van der Waals surface area contributed by atoms with Crippen LogP contribution >= 0.6 is 0 Å². The summed E-state index contributed by atoms with van der Waals surface area (Å²) in [5.41, 5.74) is -0.258. The average Bonchev–Trinajstić information content (AvgIpc) is 3.34. The first-order chi connectivity index (χ1) is 34.0. The molecule has 0 atom stereocenters. The zero-order valence-electron chi connectivity index (χ0n) is 39.7. The van der Waals surface area contributed by atoms with Gasteiger partial charge in [-0.25, -0.2) is 40.7 Å². The normalized spacial score (nSPS) is 11.8. The molecule has 25 nitrogen and oxygen atoms in total. The summed E-state index contributed by atoms with van der Waals surface area (Å²) >= 11 is 0. The van der Waals surface area contributed by atoms with Gasteiger partial charge in [0.15, 0.2) is 0 Å². The minimum Gasteiger partial charge on any atom is -0.379 e. The largest absolute Gasteiger partial charge is 0.379 e. The second kappa shape index (κ2) is 30.2. The van der Waals surface area contributed by atoms with Gasteiger partial charge in [-0.1, -0.05) is 0 Å². The summed E-state index contributed by atoms with van der Waals surface area (Å²) in [4.78, 5) is 74.4. The summed E-state index contributed by atoms with van der Waals surface area (Å²) in [7, 11) is -10.0. The molecule has 0 spiro atoms. The standard InChI is InChI=1S/C44H64N10O15S3/c1-48-44(29-67-26-17-38(55)49-20-2-23-52-41(58)32-5-11-35(12-6-32)70(45,61)62,30-68-27-18-39(56)50-21-3-24-53-42(59)33-7-13-36(14-8-33)71(46,63)64)31-69-28-19-40(57)51-22-4-25-54-43(60)34-9-15-37(16-10-34)72(47,65)66/h5-16,48H,2-4,17-31H2,1H3,(H,49,55)(H,50,56)(H,51,57)(H,52,58)(H,53,59)(H,54,60)(H2,45,61,62)(H2,46,63,64)(H2,47,65,66). The maximum atomic E-state index is 12.5. The van der Waals surface area contributed by atoms with Crippen LogP contribution in [0.15, 0.2) is 87.5 Å². The smallest absolute Gasteiger partial charge is 0.251 e. The molecular formula is C44H64N10O15S3. The van der Waals surface area contributed by atoms with Crippen molar-refractivity contribution in [3.63, 3.8) is 0 Å². The molecule has 398 valence electrons. The van der Waals surface area contributed by atoms with Crippen molar-refractivity contribution in [2.45, 2.75) is 58.8 Å². The van der Waals surface area contributed by atoms with E-state index in [4.69, 9.17) is 29.6 Å². The van der Waals surface area contributed by atoms with E-state index < -0.39 is 53.3 Å². The lowest BCUT2D eigenvalue weighted by Crippen LogP contribution is -2.55. The van der Waals surface area contributed by atoms with Crippen molar-refractivity contribution < 1.29 is 68.2 Å². The number of benzene rings is 3. The maximum Gasteiger partial charge on any atom is 0.251 e. The molecule has 0 aliphatic heterocycles. The van der Waals surface area contributed by atoms with Gasteiger partial charge in [-0.05, 0) is 99.1 Å². The summed E-state index contributed by atoms with van der Waals surface area (Å²) in [5, 5.41) is 34.7. The minimum atomic E-state index is -3.89. The van der Waals surface area contributed by atoms with Gasteiger partial charge < -0.3 is 51.4 Å². The first kappa shape index (κ1) is 60.4. The molecule has 72 heavy (non-hydrogen) atoms. The first-order valence-electron chi connectivity index (χ1n) is 22.5. The Morgan fingerprint density at radius 2 is 0.653 bits per heavy atom. The summed E-state index contributed by atoms with van der Waals surface area (Å²) in [6.07, 6.45) is 1.23. The number of carbonyl (C=O) groups excluding carboxylic acids is 6. The van der Waals surface area contributed by atoms with Gasteiger partial charge >= 0.3 is 0 Å². The Bertz CT molecular complexity index is 2320. The van der Waals surface area contributed by atoms with Gasteiger partial charge in [-0.2, -0.15) is 0 Å². The molecule has 0 aromatic heterocycles. The molecule has 0 saturated heterocycles. The lowest BCUT2D eigenvalue weighted by atomic mass is 10.0. The van der Waals surface area contributed by atoms with E-state index in [-0.39, 0.29) is 147 Å². The average molecular weight is 1070 g/mol. The van der Waals surface area contributed by atoms with Crippen molar-refractivity contribution in [3.8, 4) is 0 Å². The third-order valence-corrected chi connectivity index (χ3v) is 13.1. The van der Waals surface area contributed by atoms with Gasteiger partial charge in [0.05, 0.1) is 59.9 Å². The summed E-state index contributed by atoms with van der Waals surface area (Å²) in [6, 6.07) is 15.4. The molecule has 0 radical (unpaired) electrons. The highest BCUT2D eigenvalue weighted by Gasteiger charge is 2.30. The topological polar surface area (TPSA) is 395 Å². The predicted octanol–water partition coefficient (Wildman–Crippen LogP) is -2.08. The fraction of sp³-hybridized carbons (Fsp3) is 0.455. The van der Waals surface area contributed by atoms with Crippen molar-refractivity contribution in [1.82, 2.24) is 37.2 Å². The van der Waals surface area contributed by atoms with Gasteiger partial charge in [0.2, 0.25) is 47.8 Å². The number of nitrogens with one attached hydrogen (secondary N) is 7. The summed E-state index contributed by atoms with van der Waals surface area (Å²) in [6.45, 7) is 1.52. The predicted molar refractivity (Wildman–Crippen MR) is 261 cm³/mol. The van der Waals surface area contributed by atoms with Crippen LogP contribution in [-0.4, -0.2) is 152 Å². The number of ether oxygens (including phenoxy) is 3. The van der Waals surface area contributed by atoms with Crippen LogP contribution in [0.4, 0.5) is 0 Å². The van der Waals surface area contributed by atoms with E-state index in [9.17, 15) is 54.0 Å². The fourth-order valence-electron chi connectivity index (χ4n) is 6.15. The Labute approximate surface area is 418 Å². The van der Waals surface area contributed by atoms with Crippen LogP contribution in [0.1, 0.15) is 69.6 Å². The lowest BCUT2D eigenvalue weighted by Gasteiger charge is -2.33.